The maximum Gasteiger partial charge on any atom is 0.414 e. The van der Waals surface area contributed by atoms with Gasteiger partial charge in [0.05, 0.1) is 6.04 Å². The zero-order valence-electron chi connectivity index (χ0n) is 18.4. The van der Waals surface area contributed by atoms with E-state index in [-0.39, 0.29) is 11.9 Å². The molecule has 0 radical (unpaired) electrons. The molecule has 0 saturated heterocycles. The summed E-state index contributed by atoms with van der Waals surface area (Å²) < 4.78 is 0. The molecule has 0 fully saturated rings. The number of hydrogen-bond acceptors (Lipinski definition) is 4. The highest BCUT2D eigenvalue weighted by Gasteiger charge is 2.18. The van der Waals surface area contributed by atoms with E-state index in [1.165, 1.54) is 5.56 Å². The van der Waals surface area contributed by atoms with Crippen LogP contribution in [0.3, 0.4) is 0 Å². The van der Waals surface area contributed by atoms with Crippen LogP contribution in [0.2, 0.25) is 5.02 Å². The van der Waals surface area contributed by atoms with E-state index in [9.17, 15) is 4.79 Å². The summed E-state index contributed by atoms with van der Waals surface area (Å²) in [5.41, 5.74) is 5.15. The summed E-state index contributed by atoms with van der Waals surface area (Å²) in [5.74, 6) is -3.68. The molecule has 1 atom stereocenters. The van der Waals surface area contributed by atoms with Crippen LogP contribution in [0.5, 0.6) is 0 Å². The van der Waals surface area contributed by atoms with Gasteiger partial charge in [0.25, 0.3) is 5.91 Å². The van der Waals surface area contributed by atoms with E-state index in [1.54, 1.807) is 0 Å². The van der Waals surface area contributed by atoms with Gasteiger partial charge in [0.15, 0.2) is 0 Å². The Morgan fingerprint density at radius 3 is 1.94 bits per heavy atom. The molecule has 0 bridgehead atoms. The quantitative estimate of drug-likeness (QED) is 0.579. The number of hydrogen-bond donors (Lipinski definition) is 3. The van der Waals surface area contributed by atoms with Crippen molar-refractivity contribution in [1.29, 1.82) is 0 Å². The monoisotopic (exact) mass is 448 g/mol. The summed E-state index contributed by atoms with van der Waals surface area (Å²) in [7, 11) is 4.07. The van der Waals surface area contributed by atoms with Crippen LogP contribution in [-0.4, -0.2) is 53.6 Å². The van der Waals surface area contributed by atoms with Gasteiger partial charge in [-0.15, -0.1) is 0 Å². The first-order valence-corrected chi connectivity index (χ1v) is 10.0. The van der Waals surface area contributed by atoms with Gasteiger partial charge in [-0.3, -0.25) is 4.79 Å². The minimum absolute atomic E-state index is 0.0284. The average Bonchev–Trinajstić information content (AvgIpc) is 2.68. The van der Waals surface area contributed by atoms with Gasteiger partial charge in [0.2, 0.25) is 0 Å². The minimum atomic E-state index is -1.82. The number of amides is 1. The first kappa shape index (κ1) is 26.1. The zero-order chi connectivity index (χ0) is 23.7. The van der Waals surface area contributed by atoms with Gasteiger partial charge in [0, 0.05) is 10.6 Å². The van der Waals surface area contributed by atoms with Crippen molar-refractivity contribution in [2.75, 3.05) is 20.6 Å². The molecule has 0 aromatic heterocycles. The Kier molecular flexibility index (Phi) is 10.2. The lowest BCUT2D eigenvalue weighted by atomic mass is 9.98. The number of carbonyl (C=O) groups is 3. The van der Waals surface area contributed by atoms with E-state index < -0.39 is 11.9 Å². The molecule has 0 aliphatic carbocycles. The largest absolute Gasteiger partial charge is 0.473 e. The fourth-order valence-electron chi connectivity index (χ4n) is 2.85. The predicted molar refractivity (Wildman–Crippen MR) is 121 cm³/mol. The molecule has 0 aliphatic rings. The number of aliphatic carboxylic acids is 2. The number of aryl methyl sites for hydroxylation is 3. The fourth-order valence-corrected chi connectivity index (χ4v) is 2.97. The van der Waals surface area contributed by atoms with E-state index in [0.717, 1.165) is 35.2 Å². The van der Waals surface area contributed by atoms with Crippen molar-refractivity contribution >= 4 is 29.4 Å². The molecule has 1 amide bonds. The van der Waals surface area contributed by atoms with Crippen LogP contribution < -0.4 is 5.32 Å². The number of rotatable bonds is 6. The molecule has 0 aliphatic heterocycles. The lowest BCUT2D eigenvalue weighted by Gasteiger charge is -2.22. The summed E-state index contributed by atoms with van der Waals surface area (Å²) >= 11 is 6.00. The third-order valence-electron chi connectivity index (χ3n) is 4.71. The molecule has 2 rings (SSSR count). The lowest BCUT2D eigenvalue weighted by molar-refractivity contribution is -0.159. The number of carbonyl (C=O) groups excluding carboxylic acids is 1. The molecule has 1 unspecified atom stereocenters. The molecule has 31 heavy (non-hydrogen) atoms. The molecule has 0 saturated carbocycles. The molecule has 2 aromatic rings. The molecule has 0 heterocycles. The molecule has 7 nitrogen and oxygen atoms in total. The molecular formula is C23H29ClN2O5. The van der Waals surface area contributed by atoms with Crippen LogP contribution in [0, 0.1) is 20.8 Å². The Hall–Kier alpha value is -2.90. The second-order valence-corrected chi connectivity index (χ2v) is 7.97. The summed E-state index contributed by atoms with van der Waals surface area (Å²) in [5, 5.41) is 18.7. The molecular weight excluding hydrogens is 420 g/mol. The maximum absolute atomic E-state index is 12.9. The van der Waals surface area contributed by atoms with Crippen LogP contribution >= 0.6 is 11.6 Å². The molecule has 0 spiro atoms. The minimum Gasteiger partial charge on any atom is -0.473 e. The van der Waals surface area contributed by atoms with E-state index >= 15 is 0 Å². The summed E-state index contributed by atoms with van der Waals surface area (Å²) in [6.45, 7) is 6.98. The van der Waals surface area contributed by atoms with E-state index in [0.29, 0.717) is 5.02 Å². The van der Waals surface area contributed by atoms with Crippen LogP contribution in [0.1, 0.15) is 45.1 Å². The third kappa shape index (κ3) is 8.78. The molecule has 2 aromatic carbocycles. The van der Waals surface area contributed by atoms with Crippen LogP contribution in [0.25, 0.3) is 0 Å². The Morgan fingerprint density at radius 2 is 1.45 bits per heavy atom. The first-order valence-electron chi connectivity index (χ1n) is 9.67. The van der Waals surface area contributed by atoms with E-state index in [2.05, 4.69) is 23.2 Å². The van der Waals surface area contributed by atoms with Crippen LogP contribution in [0.4, 0.5) is 0 Å². The van der Waals surface area contributed by atoms with Gasteiger partial charge in [0.1, 0.15) is 0 Å². The normalized spacial score (nSPS) is 11.3. The van der Waals surface area contributed by atoms with Gasteiger partial charge in [-0.2, -0.15) is 0 Å². The van der Waals surface area contributed by atoms with Gasteiger partial charge >= 0.3 is 11.9 Å². The third-order valence-corrected chi connectivity index (χ3v) is 4.96. The first-order chi connectivity index (χ1) is 14.4. The van der Waals surface area contributed by atoms with Crippen molar-refractivity contribution in [2.45, 2.75) is 33.2 Å². The average molecular weight is 449 g/mol. The second-order valence-electron chi connectivity index (χ2n) is 7.53. The zero-order valence-corrected chi connectivity index (χ0v) is 19.2. The van der Waals surface area contributed by atoms with E-state index in [1.807, 2.05) is 58.3 Å². The Morgan fingerprint density at radius 1 is 0.935 bits per heavy atom. The number of nitrogens with one attached hydrogen (secondary N) is 1. The smallest absolute Gasteiger partial charge is 0.414 e. The van der Waals surface area contributed by atoms with Crippen molar-refractivity contribution in [3.63, 3.8) is 0 Å². The van der Waals surface area contributed by atoms with Gasteiger partial charge in [-0.05, 0) is 88.3 Å². The van der Waals surface area contributed by atoms with Crippen LogP contribution in [0.15, 0.2) is 36.4 Å². The number of halogens is 1. The topological polar surface area (TPSA) is 107 Å². The van der Waals surface area contributed by atoms with Crippen molar-refractivity contribution in [2.24, 2.45) is 0 Å². The number of benzene rings is 2. The Labute approximate surface area is 187 Å². The molecule has 3 N–H and O–H groups in total. The molecule has 168 valence electrons. The van der Waals surface area contributed by atoms with Crippen LogP contribution in [-0.2, 0) is 9.59 Å². The number of carboxylic acid groups (broad SMARTS) is 2. The summed E-state index contributed by atoms with van der Waals surface area (Å²) in [4.78, 5) is 33.2. The number of carboxylic acids is 2. The van der Waals surface area contributed by atoms with Gasteiger partial charge in [-0.1, -0.05) is 29.8 Å². The van der Waals surface area contributed by atoms with Gasteiger partial charge in [-0.25, -0.2) is 9.59 Å². The molecule has 8 heteroatoms. The Bertz CT molecular complexity index is 914. The van der Waals surface area contributed by atoms with Crippen molar-refractivity contribution in [3.8, 4) is 0 Å². The summed E-state index contributed by atoms with van der Waals surface area (Å²) in [6.07, 6.45) is 0.838. The maximum atomic E-state index is 12.9. The highest BCUT2D eigenvalue weighted by atomic mass is 35.5. The number of nitrogens with zero attached hydrogens (tertiary/aromatic N) is 1. The summed E-state index contributed by atoms with van der Waals surface area (Å²) in [6, 6.07) is 11.7. The lowest BCUT2D eigenvalue weighted by Crippen LogP contribution is -2.31. The van der Waals surface area contributed by atoms with Crippen molar-refractivity contribution < 1.29 is 24.6 Å². The predicted octanol–water partition coefficient (Wildman–Crippen LogP) is 3.84. The van der Waals surface area contributed by atoms with E-state index in [4.69, 9.17) is 31.4 Å². The Balaban J connectivity index is 0.000000703. The highest BCUT2D eigenvalue weighted by Crippen LogP contribution is 2.22. The fraction of sp³-hybridized carbons (Fsp3) is 0.348. The van der Waals surface area contributed by atoms with Crippen molar-refractivity contribution in [1.82, 2.24) is 10.2 Å². The second kappa shape index (κ2) is 12.1. The highest BCUT2D eigenvalue weighted by molar-refractivity contribution is 6.30. The van der Waals surface area contributed by atoms with Crippen molar-refractivity contribution in [3.05, 3.63) is 69.2 Å². The van der Waals surface area contributed by atoms with Gasteiger partial charge < -0.3 is 20.4 Å². The SMILES string of the molecule is Cc1cc(C)c(C(=O)NC(CCN(C)C)c2ccc(Cl)cc2)cc1C.O=C(O)C(=O)O. The standard InChI is InChI=1S/C21H27ClN2O.C2H2O4/c1-14-12-16(3)19(13-15(14)2)21(25)23-20(10-11-24(4)5)17-6-8-18(22)9-7-17;3-1(4)2(5)6/h6-9,12-13,20H,10-11H2,1-5H3,(H,23,25);(H,3,4)(H,5,6).